The number of nitrogens with one attached hydrogen (secondary N) is 1. The van der Waals surface area contributed by atoms with Gasteiger partial charge in [0, 0.05) is 6.42 Å². The van der Waals surface area contributed by atoms with Crippen molar-refractivity contribution in [2.45, 2.75) is 289 Å². The molecular formula is C60H107NO5. The van der Waals surface area contributed by atoms with Gasteiger partial charge in [-0.1, -0.05) is 274 Å². The van der Waals surface area contributed by atoms with Crippen LogP contribution in [-0.2, 0) is 14.3 Å². The lowest BCUT2D eigenvalue weighted by Crippen LogP contribution is -2.46. The van der Waals surface area contributed by atoms with Gasteiger partial charge in [-0.25, -0.2) is 0 Å². The van der Waals surface area contributed by atoms with E-state index >= 15 is 0 Å². The summed E-state index contributed by atoms with van der Waals surface area (Å²) in [5.41, 5.74) is 0. The monoisotopic (exact) mass is 922 g/mol. The normalized spacial score (nSPS) is 13.7. The van der Waals surface area contributed by atoms with Gasteiger partial charge in [0.25, 0.3) is 0 Å². The van der Waals surface area contributed by atoms with Crippen LogP contribution in [0.2, 0.25) is 0 Å². The van der Waals surface area contributed by atoms with Gasteiger partial charge < -0.3 is 20.3 Å². The summed E-state index contributed by atoms with van der Waals surface area (Å²) in [5.74, 6) is -0.623. The average molecular weight is 923 g/mol. The number of esters is 1. The van der Waals surface area contributed by atoms with E-state index in [9.17, 15) is 19.8 Å². The number of rotatable bonds is 50. The molecule has 6 nitrogen and oxygen atoms in total. The predicted molar refractivity (Wildman–Crippen MR) is 287 cm³/mol. The third-order valence-electron chi connectivity index (χ3n) is 12.5. The number of amides is 1. The molecule has 3 N–H and O–H groups in total. The molecule has 3 atom stereocenters. The van der Waals surface area contributed by atoms with Crippen molar-refractivity contribution in [2.75, 3.05) is 6.61 Å². The van der Waals surface area contributed by atoms with Crippen LogP contribution in [0.1, 0.15) is 271 Å². The van der Waals surface area contributed by atoms with E-state index in [2.05, 4.69) is 86.8 Å². The van der Waals surface area contributed by atoms with Crippen molar-refractivity contribution in [1.82, 2.24) is 5.32 Å². The van der Waals surface area contributed by atoms with E-state index in [0.29, 0.717) is 19.3 Å². The Hall–Kier alpha value is -2.70. The Morgan fingerprint density at radius 3 is 1.15 bits per heavy atom. The van der Waals surface area contributed by atoms with Crippen molar-refractivity contribution in [1.29, 1.82) is 0 Å². The summed E-state index contributed by atoms with van der Waals surface area (Å²) >= 11 is 0. The van der Waals surface area contributed by atoms with Crippen molar-refractivity contribution in [3.63, 3.8) is 0 Å². The standard InChI is InChI=1S/C60H107NO5/c1-4-7-10-13-16-19-22-25-28-30-31-33-36-39-42-45-48-51-56(66-60(65)53-50-47-44-41-38-35-27-24-21-18-15-12-9-6-3)54-59(64)61-57(55-62)58(63)52-49-46-43-40-37-34-32-29-26-23-20-17-14-11-8-5-2/h7,10,16,19,25,28,31,33,39,42,48,51,56-58,62-63H,4-6,8-9,11-15,17-18,20-24,26-27,29-30,32,34-38,40-41,43-47,49-50,52-55H2,1-3H3,(H,61,64)/b10-7-,19-16-,28-25-,33-31-,42-39-,51-48-. The number of unbranched alkanes of at least 4 members (excludes halogenated alkanes) is 28. The van der Waals surface area contributed by atoms with E-state index in [1.54, 1.807) is 0 Å². The van der Waals surface area contributed by atoms with Gasteiger partial charge >= 0.3 is 5.97 Å². The van der Waals surface area contributed by atoms with Gasteiger partial charge in [0.1, 0.15) is 6.10 Å². The Morgan fingerprint density at radius 2 is 0.788 bits per heavy atom. The van der Waals surface area contributed by atoms with Gasteiger partial charge in [0.15, 0.2) is 0 Å². The maximum absolute atomic E-state index is 13.2. The molecule has 0 aromatic rings. The molecule has 0 aliphatic carbocycles. The van der Waals surface area contributed by atoms with Gasteiger partial charge in [0.2, 0.25) is 5.91 Å². The van der Waals surface area contributed by atoms with Crippen LogP contribution in [0.25, 0.3) is 0 Å². The first-order valence-electron chi connectivity index (χ1n) is 28.2. The molecule has 0 fully saturated rings. The lowest BCUT2D eigenvalue weighted by atomic mass is 10.0. The van der Waals surface area contributed by atoms with Crippen LogP contribution < -0.4 is 5.32 Å². The van der Waals surface area contributed by atoms with Crippen molar-refractivity contribution < 1.29 is 24.5 Å². The van der Waals surface area contributed by atoms with E-state index in [1.807, 2.05) is 12.2 Å². The minimum Gasteiger partial charge on any atom is -0.458 e. The minimum absolute atomic E-state index is 0.0467. The number of aliphatic hydroxyl groups is 2. The molecule has 3 unspecified atom stereocenters. The zero-order valence-electron chi connectivity index (χ0n) is 43.6. The van der Waals surface area contributed by atoms with Gasteiger partial charge in [-0.15, -0.1) is 0 Å². The molecule has 382 valence electrons. The molecule has 0 saturated carbocycles. The van der Waals surface area contributed by atoms with E-state index < -0.39 is 18.2 Å². The van der Waals surface area contributed by atoms with Crippen LogP contribution in [0, 0.1) is 0 Å². The fourth-order valence-electron chi connectivity index (χ4n) is 8.31. The highest BCUT2D eigenvalue weighted by Crippen LogP contribution is 2.17. The largest absolute Gasteiger partial charge is 0.458 e. The molecule has 0 rings (SSSR count). The average Bonchev–Trinajstić information content (AvgIpc) is 3.31. The summed E-state index contributed by atoms with van der Waals surface area (Å²) in [6.45, 7) is 6.36. The summed E-state index contributed by atoms with van der Waals surface area (Å²) in [6.07, 6.45) is 68.5. The fraction of sp³-hybridized carbons (Fsp3) is 0.767. The highest BCUT2D eigenvalue weighted by molar-refractivity contribution is 5.78. The molecule has 0 aliphatic rings. The third-order valence-corrected chi connectivity index (χ3v) is 12.5. The molecule has 0 radical (unpaired) electrons. The molecule has 0 saturated heterocycles. The van der Waals surface area contributed by atoms with E-state index in [0.717, 1.165) is 70.6 Å². The Kier molecular flexibility index (Phi) is 51.1. The number of allylic oxidation sites excluding steroid dienone is 11. The summed E-state index contributed by atoms with van der Waals surface area (Å²) < 4.78 is 5.84. The van der Waals surface area contributed by atoms with Crippen LogP contribution >= 0.6 is 0 Å². The minimum atomic E-state index is -0.821. The van der Waals surface area contributed by atoms with Gasteiger partial charge in [-0.2, -0.15) is 0 Å². The van der Waals surface area contributed by atoms with Crippen LogP contribution in [0.5, 0.6) is 0 Å². The predicted octanol–water partition coefficient (Wildman–Crippen LogP) is 17.3. The lowest BCUT2D eigenvalue weighted by molar-refractivity contribution is -0.148. The summed E-state index contributed by atoms with van der Waals surface area (Å²) in [6, 6.07) is -0.744. The van der Waals surface area contributed by atoms with E-state index in [1.165, 1.54) is 154 Å². The zero-order valence-corrected chi connectivity index (χ0v) is 43.6. The molecule has 0 aliphatic heterocycles. The van der Waals surface area contributed by atoms with Gasteiger partial charge in [0.05, 0.1) is 25.2 Å². The van der Waals surface area contributed by atoms with Gasteiger partial charge in [-0.3, -0.25) is 9.59 Å². The van der Waals surface area contributed by atoms with Crippen LogP contribution in [0.15, 0.2) is 72.9 Å². The second-order valence-electron chi connectivity index (χ2n) is 19.0. The van der Waals surface area contributed by atoms with E-state index in [4.69, 9.17) is 4.74 Å². The molecule has 66 heavy (non-hydrogen) atoms. The van der Waals surface area contributed by atoms with Crippen molar-refractivity contribution >= 4 is 11.9 Å². The van der Waals surface area contributed by atoms with Crippen molar-refractivity contribution in [3.8, 4) is 0 Å². The van der Waals surface area contributed by atoms with E-state index in [-0.39, 0.29) is 24.9 Å². The first kappa shape index (κ1) is 63.3. The molecule has 6 heteroatoms. The van der Waals surface area contributed by atoms with Crippen molar-refractivity contribution in [3.05, 3.63) is 72.9 Å². The summed E-state index contributed by atoms with van der Waals surface area (Å²) in [4.78, 5) is 26.2. The molecule has 0 heterocycles. The first-order chi connectivity index (χ1) is 32.5. The molecule has 0 spiro atoms. The van der Waals surface area contributed by atoms with Crippen molar-refractivity contribution in [2.24, 2.45) is 0 Å². The number of hydrogen-bond acceptors (Lipinski definition) is 5. The van der Waals surface area contributed by atoms with Crippen LogP contribution in [-0.4, -0.2) is 46.9 Å². The highest BCUT2D eigenvalue weighted by Gasteiger charge is 2.23. The third kappa shape index (κ3) is 47.8. The van der Waals surface area contributed by atoms with Crippen LogP contribution in [0.3, 0.4) is 0 Å². The molecule has 0 bridgehead atoms. The SMILES string of the molecule is CC/C=C\C/C=C\C/C=C\C/C=C\C/C=C\C/C=C\C(CC(=O)NC(CO)C(O)CCCCCCCCCCCCCCCCCC)OC(=O)CCCCCCCCCCCCCCCC. The molecule has 0 aromatic carbocycles. The number of carbonyl (C=O) groups is 2. The summed E-state index contributed by atoms with van der Waals surface area (Å²) in [7, 11) is 0. The Bertz CT molecular complexity index is 1220. The number of carbonyl (C=O) groups excluding carboxylic acids is 2. The maximum atomic E-state index is 13.2. The molecular weight excluding hydrogens is 815 g/mol. The molecule has 1 amide bonds. The second-order valence-corrected chi connectivity index (χ2v) is 19.0. The number of hydrogen-bond donors (Lipinski definition) is 3. The van der Waals surface area contributed by atoms with Gasteiger partial charge in [-0.05, 0) is 57.4 Å². The fourth-order valence-corrected chi connectivity index (χ4v) is 8.31. The second kappa shape index (κ2) is 53.3. The number of ether oxygens (including phenoxy) is 1. The highest BCUT2D eigenvalue weighted by atomic mass is 16.5. The lowest BCUT2D eigenvalue weighted by Gasteiger charge is -2.23. The Morgan fingerprint density at radius 1 is 0.455 bits per heavy atom. The topological polar surface area (TPSA) is 95.9 Å². The number of aliphatic hydroxyl groups excluding tert-OH is 2. The quantitative estimate of drug-likeness (QED) is 0.0321. The molecule has 0 aromatic heterocycles. The van der Waals surface area contributed by atoms with Crippen LogP contribution in [0.4, 0.5) is 0 Å². The smallest absolute Gasteiger partial charge is 0.306 e. The Labute approximate surface area is 409 Å². The summed E-state index contributed by atoms with van der Waals surface area (Å²) in [5, 5.41) is 23.8. The zero-order chi connectivity index (χ0) is 48.1. The first-order valence-corrected chi connectivity index (χ1v) is 28.2. The maximum Gasteiger partial charge on any atom is 0.306 e. The Balaban J connectivity index is 4.70.